The Kier molecular flexibility index (Phi) is 7.32. The monoisotopic (exact) mass is 455 g/mol. The van der Waals surface area contributed by atoms with E-state index in [1.807, 2.05) is 0 Å². The summed E-state index contributed by atoms with van der Waals surface area (Å²) < 4.78 is 26.9. The quantitative estimate of drug-likeness (QED) is 0.682. The summed E-state index contributed by atoms with van der Waals surface area (Å²) in [5, 5.41) is 3.55. The Bertz CT molecular complexity index is 959. The molecule has 29 heavy (non-hydrogen) atoms. The van der Waals surface area contributed by atoms with E-state index in [0.29, 0.717) is 18.2 Å². The molecule has 0 fully saturated rings. The topological polar surface area (TPSA) is 79.4 Å². The van der Waals surface area contributed by atoms with Crippen LogP contribution in [0.1, 0.15) is 60.5 Å². The summed E-state index contributed by atoms with van der Waals surface area (Å²) in [6.45, 7) is 4.26. The molecule has 0 atom stereocenters. The third kappa shape index (κ3) is 4.99. The van der Waals surface area contributed by atoms with Gasteiger partial charge in [-0.25, -0.2) is 13.4 Å². The van der Waals surface area contributed by atoms with E-state index in [1.54, 1.807) is 13.8 Å². The molecule has 0 aliphatic heterocycles. The maximum absolute atomic E-state index is 12.8. The number of hydrogen-bond donors (Lipinski definition) is 1. The largest absolute Gasteiger partial charge is 0.298 e. The molecule has 1 amide bonds. The van der Waals surface area contributed by atoms with Crippen molar-refractivity contribution in [1.29, 1.82) is 0 Å². The summed E-state index contributed by atoms with van der Waals surface area (Å²) in [6, 6.07) is 4.23. The molecule has 0 bridgehead atoms. The first-order chi connectivity index (χ1) is 13.9. The average Bonchev–Trinajstić information content (AvgIpc) is 3.03. The van der Waals surface area contributed by atoms with Gasteiger partial charge in [0.25, 0.3) is 5.91 Å². The first kappa shape index (κ1) is 22.2. The SMILES string of the molecule is CCN(CC)S(=O)(=O)c1ccc(Cl)c(C(=O)Nc2nc3c(s2)CCCCCC3)c1. The molecule has 6 nitrogen and oxygen atoms in total. The second-order valence-electron chi connectivity index (χ2n) is 6.99. The second kappa shape index (κ2) is 9.55. The van der Waals surface area contributed by atoms with Crippen LogP contribution in [-0.2, 0) is 22.9 Å². The molecule has 1 heterocycles. The lowest BCUT2D eigenvalue weighted by Gasteiger charge is -2.19. The number of amides is 1. The molecule has 0 unspecified atom stereocenters. The van der Waals surface area contributed by atoms with Gasteiger partial charge in [-0.1, -0.05) is 38.3 Å². The number of nitrogens with zero attached hydrogens (tertiary/aromatic N) is 2. The van der Waals surface area contributed by atoms with Crippen molar-refractivity contribution >= 4 is 44.0 Å². The molecule has 1 aromatic carbocycles. The number of nitrogens with one attached hydrogen (secondary N) is 1. The molecule has 0 saturated carbocycles. The first-order valence-corrected chi connectivity index (χ1v) is 12.6. The number of aryl methyl sites for hydroxylation is 2. The molecule has 2 aromatic rings. The smallest absolute Gasteiger partial charge is 0.259 e. The third-order valence-electron chi connectivity index (χ3n) is 5.09. The maximum atomic E-state index is 12.8. The maximum Gasteiger partial charge on any atom is 0.259 e. The van der Waals surface area contributed by atoms with E-state index in [2.05, 4.69) is 10.3 Å². The fraction of sp³-hybridized carbons (Fsp3) is 0.500. The van der Waals surface area contributed by atoms with Gasteiger partial charge in [-0.15, -0.1) is 11.3 Å². The Morgan fingerprint density at radius 3 is 2.55 bits per heavy atom. The lowest BCUT2D eigenvalue weighted by Crippen LogP contribution is -2.30. The molecule has 0 saturated heterocycles. The molecule has 0 radical (unpaired) electrons. The number of thiazole rings is 1. The van der Waals surface area contributed by atoms with Crippen molar-refractivity contribution in [2.75, 3.05) is 18.4 Å². The van der Waals surface area contributed by atoms with E-state index in [-0.39, 0.29) is 15.5 Å². The highest BCUT2D eigenvalue weighted by atomic mass is 35.5. The van der Waals surface area contributed by atoms with Crippen molar-refractivity contribution in [3.8, 4) is 0 Å². The van der Waals surface area contributed by atoms with Crippen LogP contribution in [0.15, 0.2) is 23.1 Å². The van der Waals surface area contributed by atoms with E-state index in [1.165, 1.54) is 51.6 Å². The fourth-order valence-corrected chi connectivity index (χ4v) is 6.21. The molecule has 158 valence electrons. The summed E-state index contributed by atoms with van der Waals surface area (Å²) in [7, 11) is -3.68. The normalized spacial score (nSPS) is 14.9. The lowest BCUT2D eigenvalue weighted by atomic mass is 10.0. The van der Waals surface area contributed by atoms with Gasteiger partial charge >= 0.3 is 0 Å². The zero-order valence-corrected chi connectivity index (χ0v) is 19.1. The minimum absolute atomic E-state index is 0.0576. The van der Waals surface area contributed by atoms with E-state index in [0.717, 1.165) is 31.4 Å². The summed E-state index contributed by atoms with van der Waals surface area (Å²) in [6.07, 6.45) is 6.60. The number of carbonyl (C=O) groups is 1. The number of carbonyl (C=O) groups excluding carboxylic acids is 1. The van der Waals surface area contributed by atoms with E-state index in [9.17, 15) is 13.2 Å². The van der Waals surface area contributed by atoms with Crippen molar-refractivity contribution in [2.45, 2.75) is 57.3 Å². The molecule has 1 N–H and O–H groups in total. The minimum atomic E-state index is -3.68. The van der Waals surface area contributed by atoms with Gasteiger partial charge in [-0.05, 0) is 43.9 Å². The van der Waals surface area contributed by atoms with Crippen molar-refractivity contribution in [2.24, 2.45) is 0 Å². The molecule has 0 spiro atoms. The third-order valence-corrected chi connectivity index (χ3v) is 8.54. The number of aromatic nitrogens is 1. The molecule has 1 aliphatic carbocycles. The van der Waals surface area contributed by atoms with Gasteiger partial charge in [0, 0.05) is 18.0 Å². The second-order valence-corrected chi connectivity index (χ2v) is 10.4. The summed E-state index contributed by atoms with van der Waals surface area (Å²) in [5.41, 5.74) is 1.19. The summed E-state index contributed by atoms with van der Waals surface area (Å²) in [4.78, 5) is 18.7. The Morgan fingerprint density at radius 2 is 1.86 bits per heavy atom. The van der Waals surface area contributed by atoms with Crippen molar-refractivity contribution < 1.29 is 13.2 Å². The Hall–Kier alpha value is -1.48. The van der Waals surface area contributed by atoms with E-state index >= 15 is 0 Å². The van der Waals surface area contributed by atoms with Crippen LogP contribution < -0.4 is 5.32 Å². The standard InChI is InChI=1S/C20H26ClN3O3S2/c1-3-24(4-2)29(26,27)14-11-12-16(21)15(13-14)19(25)23-20-22-17-9-7-5-6-8-10-18(17)28-20/h11-13H,3-10H2,1-2H3,(H,22,23,25). The Labute approximate surface area is 181 Å². The number of fused-ring (bicyclic) bond motifs is 1. The zero-order chi connectivity index (χ0) is 21.0. The van der Waals surface area contributed by atoms with Crippen LogP contribution in [-0.4, -0.2) is 36.7 Å². The van der Waals surface area contributed by atoms with Crippen LogP contribution in [0.3, 0.4) is 0 Å². The molecular formula is C20H26ClN3O3S2. The number of halogens is 1. The van der Waals surface area contributed by atoms with Crippen LogP contribution in [0, 0.1) is 0 Å². The van der Waals surface area contributed by atoms with Crippen LogP contribution >= 0.6 is 22.9 Å². The number of sulfonamides is 1. The summed E-state index contributed by atoms with van der Waals surface area (Å²) in [5.74, 6) is -0.451. The predicted molar refractivity (Wildman–Crippen MR) is 118 cm³/mol. The van der Waals surface area contributed by atoms with Crippen LogP contribution in [0.25, 0.3) is 0 Å². The average molecular weight is 456 g/mol. The molecule has 3 rings (SSSR count). The molecule has 9 heteroatoms. The highest BCUT2D eigenvalue weighted by Crippen LogP contribution is 2.30. The van der Waals surface area contributed by atoms with Crippen LogP contribution in [0.2, 0.25) is 5.02 Å². The van der Waals surface area contributed by atoms with Gasteiger partial charge in [0.2, 0.25) is 10.0 Å². The minimum Gasteiger partial charge on any atom is -0.298 e. The fourth-order valence-electron chi connectivity index (χ4n) is 3.47. The Balaban J connectivity index is 1.85. The van der Waals surface area contributed by atoms with Crippen molar-refractivity contribution in [3.05, 3.63) is 39.4 Å². The summed E-state index contributed by atoms with van der Waals surface area (Å²) >= 11 is 7.71. The van der Waals surface area contributed by atoms with Gasteiger partial charge < -0.3 is 0 Å². The number of benzene rings is 1. The zero-order valence-electron chi connectivity index (χ0n) is 16.7. The highest BCUT2D eigenvalue weighted by molar-refractivity contribution is 7.89. The first-order valence-electron chi connectivity index (χ1n) is 9.96. The van der Waals surface area contributed by atoms with Crippen LogP contribution in [0.5, 0.6) is 0 Å². The van der Waals surface area contributed by atoms with Gasteiger partial charge in [-0.2, -0.15) is 4.31 Å². The van der Waals surface area contributed by atoms with Crippen LogP contribution in [0.4, 0.5) is 5.13 Å². The number of hydrogen-bond acceptors (Lipinski definition) is 5. The number of anilines is 1. The predicted octanol–water partition coefficient (Wildman–Crippen LogP) is 4.74. The van der Waals surface area contributed by atoms with Gasteiger partial charge in [0.05, 0.1) is 21.2 Å². The number of rotatable bonds is 6. The van der Waals surface area contributed by atoms with Gasteiger partial charge in [0.1, 0.15) is 0 Å². The molecular weight excluding hydrogens is 430 g/mol. The Morgan fingerprint density at radius 1 is 1.17 bits per heavy atom. The molecule has 1 aromatic heterocycles. The molecule has 1 aliphatic rings. The van der Waals surface area contributed by atoms with Gasteiger partial charge in [-0.3, -0.25) is 10.1 Å². The van der Waals surface area contributed by atoms with E-state index < -0.39 is 15.9 Å². The lowest BCUT2D eigenvalue weighted by molar-refractivity contribution is 0.102. The van der Waals surface area contributed by atoms with Crippen molar-refractivity contribution in [3.63, 3.8) is 0 Å². The van der Waals surface area contributed by atoms with Crippen molar-refractivity contribution in [1.82, 2.24) is 9.29 Å². The van der Waals surface area contributed by atoms with E-state index in [4.69, 9.17) is 11.6 Å². The highest BCUT2D eigenvalue weighted by Gasteiger charge is 2.24. The van der Waals surface area contributed by atoms with Gasteiger partial charge in [0.15, 0.2) is 5.13 Å².